The number of allylic oxidation sites excluding steroid dienone is 4. The van der Waals surface area contributed by atoms with Gasteiger partial charge in [-0.3, -0.25) is 0 Å². The molecule has 1 aliphatic heterocycles. The molecule has 0 saturated heterocycles. The van der Waals surface area contributed by atoms with Crippen LogP contribution in [0.1, 0.15) is 27.7 Å². The Kier molecular flexibility index (Phi) is 5.60. The van der Waals surface area contributed by atoms with Crippen LogP contribution in [-0.4, -0.2) is 11.7 Å². The Balaban J connectivity index is 0.000000671. The van der Waals surface area contributed by atoms with E-state index in [1.807, 2.05) is 46.0 Å². The van der Waals surface area contributed by atoms with Crippen LogP contribution in [0.5, 0.6) is 0 Å². The summed E-state index contributed by atoms with van der Waals surface area (Å²) < 4.78 is 0. The van der Waals surface area contributed by atoms with Gasteiger partial charge in [0, 0.05) is 12.9 Å². The monoisotopic (exact) mass is 178 g/mol. The number of hydrogen-bond acceptors (Lipinski definition) is 2. The Labute approximate surface area is 80.9 Å². The summed E-state index contributed by atoms with van der Waals surface area (Å²) >= 11 is 0. The van der Waals surface area contributed by atoms with Crippen molar-refractivity contribution in [1.29, 1.82) is 0 Å². The standard InChI is InChI=1S/C9H12N2.C2H6/c1-4-9-6-5-8(2)7-11(9)10-3;1-2/h4-7H,3H2,1-2H3;1-2H3/b9-4-;. The van der Waals surface area contributed by atoms with Gasteiger partial charge >= 0.3 is 0 Å². The lowest BCUT2D eigenvalue weighted by molar-refractivity contribution is 0.510. The van der Waals surface area contributed by atoms with E-state index in [1.165, 1.54) is 5.57 Å². The van der Waals surface area contributed by atoms with E-state index < -0.39 is 0 Å². The number of rotatable bonds is 1. The highest BCUT2D eigenvalue weighted by Crippen LogP contribution is 2.15. The second-order valence-corrected chi connectivity index (χ2v) is 2.41. The highest BCUT2D eigenvalue weighted by molar-refractivity contribution is 5.34. The van der Waals surface area contributed by atoms with Gasteiger partial charge in [-0.05, 0) is 25.5 Å². The van der Waals surface area contributed by atoms with Crippen molar-refractivity contribution < 1.29 is 0 Å². The minimum Gasteiger partial charge on any atom is -0.242 e. The largest absolute Gasteiger partial charge is 0.242 e. The first-order chi connectivity index (χ1) is 6.27. The van der Waals surface area contributed by atoms with E-state index >= 15 is 0 Å². The van der Waals surface area contributed by atoms with Gasteiger partial charge in [0.15, 0.2) is 0 Å². The van der Waals surface area contributed by atoms with Crippen LogP contribution in [0.4, 0.5) is 0 Å². The Hall–Kier alpha value is -1.31. The molecule has 1 heterocycles. The first kappa shape index (κ1) is 11.7. The molecule has 0 aliphatic carbocycles. The lowest BCUT2D eigenvalue weighted by Gasteiger charge is -2.18. The molecule has 0 aromatic rings. The topological polar surface area (TPSA) is 15.6 Å². The smallest absolute Gasteiger partial charge is 0.0602 e. The lowest BCUT2D eigenvalue weighted by atomic mass is 10.2. The van der Waals surface area contributed by atoms with Crippen LogP contribution in [-0.2, 0) is 0 Å². The summed E-state index contributed by atoms with van der Waals surface area (Å²) in [6, 6.07) is 0. The van der Waals surface area contributed by atoms with E-state index in [9.17, 15) is 0 Å². The van der Waals surface area contributed by atoms with E-state index in [0.29, 0.717) is 0 Å². The van der Waals surface area contributed by atoms with Gasteiger partial charge in [0.2, 0.25) is 0 Å². The molecule has 2 heteroatoms. The molecule has 0 saturated carbocycles. The van der Waals surface area contributed by atoms with Crippen molar-refractivity contribution in [2.75, 3.05) is 0 Å². The molecule has 0 atom stereocenters. The van der Waals surface area contributed by atoms with Crippen LogP contribution in [0.25, 0.3) is 0 Å². The molecule has 1 aliphatic rings. The molecular formula is C11H18N2. The Morgan fingerprint density at radius 2 is 2.00 bits per heavy atom. The van der Waals surface area contributed by atoms with E-state index in [1.54, 1.807) is 5.01 Å². The number of hydrogen-bond donors (Lipinski definition) is 0. The predicted octanol–water partition coefficient (Wildman–Crippen LogP) is 3.31. The molecule has 0 bridgehead atoms. The highest BCUT2D eigenvalue weighted by Gasteiger charge is 2.03. The zero-order valence-corrected chi connectivity index (χ0v) is 8.91. The molecule has 0 spiro atoms. The minimum atomic E-state index is 1.06. The van der Waals surface area contributed by atoms with Crippen LogP contribution in [0.15, 0.2) is 40.8 Å². The Morgan fingerprint density at radius 3 is 2.46 bits per heavy atom. The molecule has 0 N–H and O–H groups in total. The SMILES string of the molecule is C=NN1C=C(C)C=C/C1=C/C.CC. The van der Waals surface area contributed by atoms with Gasteiger partial charge in [0.05, 0.1) is 5.70 Å². The Morgan fingerprint density at radius 1 is 1.38 bits per heavy atom. The van der Waals surface area contributed by atoms with Gasteiger partial charge in [-0.2, -0.15) is 5.10 Å². The van der Waals surface area contributed by atoms with E-state index in [2.05, 4.69) is 17.9 Å². The maximum absolute atomic E-state index is 3.84. The first-order valence-electron chi connectivity index (χ1n) is 4.56. The van der Waals surface area contributed by atoms with Crippen LogP contribution < -0.4 is 0 Å². The summed E-state index contributed by atoms with van der Waals surface area (Å²) in [6.07, 6.45) is 8.01. The van der Waals surface area contributed by atoms with Gasteiger partial charge in [-0.1, -0.05) is 26.0 Å². The predicted molar refractivity (Wildman–Crippen MR) is 59.4 cm³/mol. The fraction of sp³-hybridized carbons (Fsp3) is 0.364. The third-order valence-electron chi connectivity index (χ3n) is 1.56. The number of hydrazone groups is 1. The molecule has 1 rings (SSSR count). The van der Waals surface area contributed by atoms with Crippen molar-refractivity contribution in [1.82, 2.24) is 5.01 Å². The molecule has 0 fully saturated rings. The van der Waals surface area contributed by atoms with Gasteiger partial charge in [-0.15, -0.1) is 0 Å². The van der Waals surface area contributed by atoms with Crippen LogP contribution in [0.3, 0.4) is 0 Å². The third-order valence-corrected chi connectivity index (χ3v) is 1.56. The van der Waals surface area contributed by atoms with Crippen molar-refractivity contribution in [2.24, 2.45) is 5.10 Å². The average Bonchev–Trinajstić information content (AvgIpc) is 2.20. The summed E-state index contributed by atoms with van der Waals surface area (Å²) in [5.74, 6) is 0. The summed E-state index contributed by atoms with van der Waals surface area (Å²) in [7, 11) is 0. The molecule has 0 radical (unpaired) electrons. The van der Waals surface area contributed by atoms with E-state index in [0.717, 1.165) is 5.70 Å². The van der Waals surface area contributed by atoms with Crippen LogP contribution >= 0.6 is 0 Å². The zero-order valence-electron chi connectivity index (χ0n) is 8.91. The Bertz CT molecular complexity index is 247. The van der Waals surface area contributed by atoms with Gasteiger partial charge < -0.3 is 0 Å². The molecule has 72 valence electrons. The van der Waals surface area contributed by atoms with Crippen molar-refractivity contribution in [2.45, 2.75) is 27.7 Å². The average molecular weight is 178 g/mol. The quantitative estimate of drug-likeness (QED) is 0.562. The summed E-state index contributed by atoms with van der Waals surface area (Å²) in [6.45, 7) is 11.5. The third kappa shape index (κ3) is 3.28. The first-order valence-corrected chi connectivity index (χ1v) is 4.56. The van der Waals surface area contributed by atoms with Crippen LogP contribution in [0, 0.1) is 0 Å². The highest BCUT2D eigenvalue weighted by atomic mass is 15.4. The van der Waals surface area contributed by atoms with Crippen molar-refractivity contribution in [3.8, 4) is 0 Å². The molecule has 13 heavy (non-hydrogen) atoms. The maximum Gasteiger partial charge on any atom is 0.0602 e. The zero-order chi connectivity index (χ0) is 10.3. The molecule has 0 unspecified atom stereocenters. The molecule has 2 nitrogen and oxygen atoms in total. The summed E-state index contributed by atoms with van der Waals surface area (Å²) in [5, 5.41) is 5.60. The summed E-state index contributed by atoms with van der Waals surface area (Å²) in [5.41, 5.74) is 2.24. The molecule has 0 amide bonds. The second-order valence-electron chi connectivity index (χ2n) is 2.41. The molecule has 0 aromatic carbocycles. The van der Waals surface area contributed by atoms with Crippen molar-refractivity contribution in [3.63, 3.8) is 0 Å². The molecular weight excluding hydrogens is 160 g/mol. The normalized spacial score (nSPS) is 17.7. The summed E-state index contributed by atoms with van der Waals surface area (Å²) in [4.78, 5) is 0. The van der Waals surface area contributed by atoms with Gasteiger partial charge in [0.1, 0.15) is 0 Å². The van der Waals surface area contributed by atoms with E-state index in [-0.39, 0.29) is 0 Å². The van der Waals surface area contributed by atoms with Crippen molar-refractivity contribution >= 4 is 6.72 Å². The second kappa shape index (κ2) is 6.23. The number of nitrogens with zero attached hydrogens (tertiary/aromatic N) is 2. The minimum absolute atomic E-state index is 1.06. The van der Waals surface area contributed by atoms with E-state index in [4.69, 9.17) is 0 Å². The fourth-order valence-corrected chi connectivity index (χ4v) is 0.955. The lowest BCUT2D eigenvalue weighted by Crippen LogP contribution is -2.10. The fourth-order valence-electron chi connectivity index (χ4n) is 0.955. The van der Waals surface area contributed by atoms with Crippen molar-refractivity contribution in [3.05, 3.63) is 35.7 Å². The molecule has 0 aromatic heterocycles. The van der Waals surface area contributed by atoms with Crippen LogP contribution in [0.2, 0.25) is 0 Å². The maximum atomic E-state index is 3.84. The van der Waals surface area contributed by atoms with Gasteiger partial charge in [0.25, 0.3) is 0 Å². The van der Waals surface area contributed by atoms with Gasteiger partial charge in [-0.25, -0.2) is 5.01 Å².